The minimum Gasteiger partial charge on any atom is -0.349 e. The van der Waals surface area contributed by atoms with E-state index in [4.69, 9.17) is 0 Å². The molecule has 1 aromatic heterocycles. The molecule has 0 saturated heterocycles. The first-order valence-electron chi connectivity index (χ1n) is 8.09. The molecule has 1 unspecified atom stereocenters. The zero-order chi connectivity index (χ0) is 18.7. The predicted octanol–water partition coefficient (Wildman–Crippen LogP) is 3.04. The molecule has 5 nitrogen and oxygen atoms in total. The first kappa shape index (κ1) is 18.1. The number of hydrogen-bond donors (Lipinski definition) is 1. The summed E-state index contributed by atoms with van der Waals surface area (Å²) in [6.45, 7) is 1.83. The van der Waals surface area contributed by atoms with Crippen LogP contribution in [-0.2, 0) is 11.8 Å². The van der Waals surface area contributed by atoms with Crippen molar-refractivity contribution in [1.82, 2.24) is 14.9 Å². The summed E-state index contributed by atoms with van der Waals surface area (Å²) in [6, 6.07) is 12.9. The monoisotopic (exact) mass is 371 g/mol. The van der Waals surface area contributed by atoms with Crippen molar-refractivity contribution in [3.05, 3.63) is 70.3 Å². The standard InChI is InChI=1S/C19H18FN3O2S/c1-12(13-7-9-14(20)10-8-13)21-17(24)11-26-19-22-16-6-4-3-5-15(16)18(25)23(19)2/h3-10,12H,11H2,1-2H3,(H,21,24). The highest BCUT2D eigenvalue weighted by Gasteiger charge is 2.13. The normalized spacial score (nSPS) is 12.1. The van der Waals surface area contributed by atoms with Crippen molar-refractivity contribution in [1.29, 1.82) is 0 Å². The van der Waals surface area contributed by atoms with Crippen LogP contribution in [0.5, 0.6) is 0 Å². The van der Waals surface area contributed by atoms with Crippen LogP contribution in [0.2, 0.25) is 0 Å². The summed E-state index contributed by atoms with van der Waals surface area (Å²) in [5.41, 5.74) is 1.29. The molecule has 0 aliphatic heterocycles. The highest BCUT2D eigenvalue weighted by Crippen LogP contribution is 2.18. The van der Waals surface area contributed by atoms with Crippen molar-refractivity contribution >= 4 is 28.6 Å². The second kappa shape index (κ2) is 7.70. The maximum atomic E-state index is 13.0. The number of thioether (sulfide) groups is 1. The van der Waals surface area contributed by atoms with Crippen LogP contribution in [-0.4, -0.2) is 21.2 Å². The van der Waals surface area contributed by atoms with Gasteiger partial charge in [0.1, 0.15) is 5.82 Å². The Hall–Kier alpha value is -2.67. The molecular weight excluding hydrogens is 353 g/mol. The minimum atomic E-state index is -0.314. The molecule has 0 aliphatic rings. The van der Waals surface area contributed by atoms with Crippen LogP contribution in [0.4, 0.5) is 4.39 Å². The van der Waals surface area contributed by atoms with Crippen LogP contribution in [0.1, 0.15) is 18.5 Å². The van der Waals surface area contributed by atoms with Gasteiger partial charge in [0.25, 0.3) is 5.56 Å². The van der Waals surface area contributed by atoms with Crippen LogP contribution >= 0.6 is 11.8 Å². The fraction of sp³-hybridized carbons (Fsp3) is 0.211. The van der Waals surface area contributed by atoms with Crippen LogP contribution < -0.4 is 10.9 Å². The summed E-state index contributed by atoms with van der Waals surface area (Å²) < 4.78 is 14.4. The van der Waals surface area contributed by atoms with Crippen LogP contribution in [0.3, 0.4) is 0 Å². The number of fused-ring (bicyclic) bond motifs is 1. The van der Waals surface area contributed by atoms with E-state index in [9.17, 15) is 14.0 Å². The van der Waals surface area contributed by atoms with Gasteiger partial charge in [0.15, 0.2) is 5.16 Å². The molecule has 3 aromatic rings. The summed E-state index contributed by atoms with van der Waals surface area (Å²) in [5, 5.41) is 3.89. The van der Waals surface area contributed by atoms with E-state index in [0.717, 1.165) is 5.56 Å². The zero-order valence-corrected chi connectivity index (χ0v) is 15.2. The van der Waals surface area contributed by atoms with Gasteiger partial charge in [-0.05, 0) is 36.8 Å². The molecule has 0 radical (unpaired) electrons. The zero-order valence-electron chi connectivity index (χ0n) is 14.4. The van der Waals surface area contributed by atoms with Crippen molar-refractivity contribution < 1.29 is 9.18 Å². The molecule has 1 heterocycles. The van der Waals surface area contributed by atoms with E-state index in [-0.39, 0.29) is 29.1 Å². The SMILES string of the molecule is CC(NC(=O)CSc1nc2ccccc2c(=O)n1C)c1ccc(F)cc1. The first-order valence-corrected chi connectivity index (χ1v) is 9.07. The number of carbonyl (C=O) groups is 1. The quantitative estimate of drug-likeness (QED) is 0.553. The van der Waals surface area contributed by atoms with E-state index in [1.54, 1.807) is 37.4 Å². The Morgan fingerprint density at radius 3 is 2.65 bits per heavy atom. The lowest BCUT2D eigenvalue weighted by Crippen LogP contribution is -2.28. The van der Waals surface area contributed by atoms with Gasteiger partial charge in [-0.3, -0.25) is 14.2 Å². The number of benzene rings is 2. The molecule has 0 saturated carbocycles. The molecule has 0 spiro atoms. The van der Waals surface area contributed by atoms with Crippen molar-refractivity contribution in [2.45, 2.75) is 18.1 Å². The van der Waals surface area contributed by atoms with E-state index < -0.39 is 0 Å². The number of hydrogen-bond acceptors (Lipinski definition) is 4. The van der Waals surface area contributed by atoms with Gasteiger partial charge in [0, 0.05) is 7.05 Å². The van der Waals surface area contributed by atoms with Gasteiger partial charge >= 0.3 is 0 Å². The largest absolute Gasteiger partial charge is 0.349 e. The van der Waals surface area contributed by atoms with E-state index >= 15 is 0 Å². The first-order chi connectivity index (χ1) is 12.5. The van der Waals surface area contributed by atoms with Gasteiger partial charge in [-0.1, -0.05) is 36.0 Å². The minimum absolute atomic E-state index is 0.129. The van der Waals surface area contributed by atoms with Crippen molar-refractivity contribution in [2.75, 3.05) is 5.75 Å². The third-order valence-corrected chi connectivity index (χ3v) is 5.05. The third-order valence-electron chi connectivity index (χ3n) is 4.02. The molecular formula is C19H18FN3O2S. The Balaban J connectivity index is 1.68. The van der Waals surface area contributed by atoms with Crippen LogP contribution in [0.25, 0.3) is 10.9 Å². The molecule has 134 valence electrons. The number of amides is 1. The smallest absolute Gasteiger partial charge is 0.261 e. The number of carbonyl (C=O) groups excluding carboxylic acids is 1. The molecule has 0 aliphatic carbocycles. The van der Waals surface area contributed by atoms with Gasteiger partial charge in [0.2, 0.25) is 5.91 Å². The Bertz CT molecular complexity index is 1000. The summed E-state index contributed by atoms with van der Waals surface area (Å²) in [7, 11) is 1.64. The lowest BCUT2D eigenvalue weighted by molar-refractivity contribution is -0.119. The maximum absolute atomic E-state index is 13.0. The summed E-state index contributed by atoms with van der Waals surface area (Å²) in [4.78, 5) is 29.0. The number of rotatable bonds is 5. The second-order valence-electron chi connectivity index (χ2n) is 5.91. The topological polar surface area (TPSA) is 64.0 Å². The lowest BCUT2D eigenvalue weighted by Gasteiger charge is -2.14. The van der Waals surface area contributed by atoms with Crippen molar-refractivity contribution in [2.24, 2.45) is 7.05 Å². The Kier molecular flexibility index (Phi) is 5.37. The predicted molar refractivity (Wildman–Crippen MR) is 101 cm³/mol. The molecule has 7 heteroatoms. The Morgan fingerprint density at radius 2 is 1.92 bits per heavy atom. The molecule has 1 atom stereocenters. The molecule has 1 N–H and O–H groups in total. The molecule has 0 bridgehead atoms. The Labute approximate surface area is 154 Å². The fourth-order valence-electron chi connectivity index (χ4n) is 2.57. The molecule has 26 heavy (non-hydrogen) atoms. The molecule has 2 aromatic carbocycles. The van der Waals surface area contributed by atoms with Gasteiger partial charge in [-0.25, -0.2) is 9.37 Å². The second-order valence-corrected chi connectivity index (χ2v) is 6.85. The summed E-state index contributed by atoms with van der Waals surface area (Å²) in [6.07, 6.45) is 0. The van der Waals surface area contributed by atoms with Gasteiger partial charge in [-0.15, -0.1) is 0 Å². The summed E-state index contributed by atoms with van der Waals surface area (Å²) >= 11 is 1.20. The molecule has 0 fully saturated rings. The van der Waals surface area contributed by atoms with Crippen molar-refractivity contribution in [3.8, 4) is 0 Å². The maximum Gasteiger partial charge on any atom is 0.261 e. The number of nitrogens with one attached hydrogen (secondary N) is 1. The van der Waals surface area contributed by atoms with E-state index in [0.29, 0.717) is 16.1 Å². The number of halogens is 1. The van der Waals surface area contributed by atoms with E-state index in [1.807, 2.05) is 13.0 Å². The number of aromatic nitrogens is 2. The Morgan fingerprint density at radius 1 is 1.23 bits per heavy atom. The van der Waals surface area contributed by atoms with Crippen LogP contribution in [0.15, 0.2) is 58.5 Å². The summed E-state index contributed by atoms with van der Waals surface area (Å²) in [5.74, 6) is -0.371. The fourth-order valence-corrected chi connectivity index (χ4v) is 3.36. The van der Waals surface area contributed by atoms with Crippen molar-refractivity contribution in [3.63, 3.8) is 0 Å². The number of nitrogens with zero attached hydrogens (tertiary/aromatic N) is 2. The molecule has 3 rings (SSSR count). The van der Waals surface area contributed by atoms with Gasteiger partial charge < -0.3 is 5.32 Å². The molecule has 1 amide bonds. The van der Waals surface area contributed by atoms with E-state index in [2.05, 4.69) is 10.3 Å². The van der Waals surface area contributed by atoms with Gasteiger partial charge in [0.05, 0.1) is 22.7 Å². The van der Waals surface area contributed by atoms with E-state index in [1.165, 1.54) is 28.5 Å². The van der Waals surface area contributed by atoms with Crippen LogP contribution in [0, 0.1) is 5.82 Å². The van der Waals surface area contributed by atoms with Gasteiger partial charge in [-0.2, -0.15) is 0 Å². The highest BCUT2D eigenvalue weighted by atomic mass is 32.2. The average Bonchev–Trinajstić information content (AvgIpc) is 2.64. The lowest BCUT2D eigenvalue weighted by atomic mass is 10.1. The number of para-hydroxylation sites is 1. The average molecular weight is 371 g/mol. The highest BCUT2D eigenvalue weighted by molar-refractivity contribution is 7.99. The third kappa shape index (κ3) is 3.94.